The van der Waals surface area contributed by atoms with Crippen LogP contribution in [0.25, 0.3) is 0 Å². The molecule has 0 saturated heterocycles. The number of aromatic nitrogens is 2. The Labute approximate surface area is 124 Å². The number of ether oxygens (including phenoxy) is 1. The van der Waals surface area contributed by atoms with Crippen LogP contribution in [-0.2, 0) is 11.3 Å². The van der Waals surface area contributed by atoms with E-state index < -0.39 is 0 Å². The van der Waals surface area contributed by atoms with E-state index >= 15 is 0 Å². The Morgan fingerprint density at radius 1 is 1.42 bits per heavy atom. The molecule has 0 N–H and O–H groups in total. The fourth-order valence-electron chi connectivity index (χ4n) is 1.77. The van der Waals surface area contributed by atoms with E-state index in [1.165, 1.54) is 0 Å². The Bertz CT molecular complexity index is 392. The molecule has 0 aromatic carbocycles. The van der Waals surface area contributed by atoms with E-state index in [-0.39, 0.29) is 0 Å². The largest absolute Gasteiger partial charge is 0.374 e. The van der Waals surface area contributed by atoms with Gasteiger partial charge in [0, 0.05) is 31.5 Å². The summed E-state index contributed by atoms with van der Waals surface area (Å²) in [6, 6.07) is 2.25. The molecule has 0 aliphatic carbocycles. The lowest BCUT2D eigenvalue weighted by Crippen LogP contribution is -2.34. The van der Waals surface area contributed by atoms with E-state index in [0.717, 1.165) is 18.0 Å². The minimum Gasteiger partial charge on any atom is -0.374 e. The van der Waals surface area contributed by atoms with Crippen molar-refractivity contribution in [1.82, 2.24) is 9.97 Å². The Hall–Kier alpha value is -0.520. The van der Waals surface area contributed by atoms with E-state index in [2.05, 4.69) is 28.0 Å². The molecule has 4 nitrogen and oxygen atoms in total. The van der Waals surface area contributed by atoms with Gasteiger partial charge in [0.25, 0.3) is 0 Å². The monoisotopic (exact) mass is 303 g/mol. The SMILES string of the molecule is CCOCc1nc(Cl)cc(N(C)C(CC)CSC)n1. The second kappa shape index (κ2) is 8.61. The number of nitrogens with zero attached hydrogens (tertiary/aromatic N) is 3. The highest BCUT2D eigenvalue weighted by atomic mass is 35.5. The van der Waals surface area contributed by atoms with Crippen LogP contribution >= 0.6 is 23.4 Å². The van der Waals surface area contributed by atoms with Crippen molar-refractivity contribution in [3.63, 3.8) is 0 Å². The molecule has 0 aliphatic heterocycles. The van der Waals surface area contributed by atoms with Gasteiger partial charge in [-0.25, -0.2) is 9.97 Å². The van der Waals surface area contributed by atoms with E-state index in [4.69, 9.17) is 16.3 Å². The van der Waals surface area contributed by atoms with Gasteiger partial charge in [-0.3, -0.25) is 0 Å². The van der Waals surface area contributed by atoms with Gasteiger partial charge < -0.3 is 9.64 Å². The standard InChI is InChI=1S/C13H22ClN3OS/c1-5-10(9-19-4)17(3)13-7-11(14)15-12(16-13)8-18-6-2/h7,10H,5-6,8-9H2,1-4H3. The Balaban J connectivity index is 2.88. The van der Waals surface area contributed by atoms with Crippen molar-refractivity contribution in [1.29, 1.82) is 0 Å². The van der Waals surface area contributed by atoms with E-state index in [1.807, 2.05) is 25.7 Å². The average Bonchev–Trinajstić information content (AvgIpc) is 2.41. The van der Waals surface area contributed by atoms with Crippen molar-refractivity contribution in [2.45, 2.75) is 32.9 Å². The summed E-state index contributed by atoms with van der Waals surface area (Å²) in [5.41, 5.74) is 0. The van der Waals surface area contributed by atoms with Crippen molar-refractivity contribution in [3.8, 4) is 0 Å². The Morgan fingerprint density at radius 3 is 2.74 bits per heavy atom. The summed E-state index contributed by atoms with van der Waals surface area (Å²) in [6.07, 6.45) is 3.18. The second-order valence-corrected chi connectivity index (χ2v) is 5.53. The van der Waals surface area contributed by atoms with Crippen LogP contribution < -0.4 is 4.90 Å². The van der Waals surface area contributed by atoms with Gasteiger partial charge in [-0.1, -0.05) is 18.5 Å². The van der Waals surface area contributed by atoms with Crippen molar-refractivity contribution in [3.05, 3.63) is 17.0 Å². The summed E-state index contributed by atoms with van der Waals surface area (Å²) in [7, 11) is 2.05. The molecule has 0 saturated carbocycles. The first kappa shape index (κ1) is 16.5. The van der Waals surface area contributed by atoms with Gasteiger partial charge in [0.05, 0.1) is 0 Å². The highest BCUT2D eigenvalue weighted by Gasteiger charge is 2.15. The molecule has 1 aromatic heterocycles. The third-order valence-corrected chi connectivity index (χ3v) is 3.81. The van der Waals surface area contributed by atoms with Crippen molar-refractivity contribution in [2.24, 2.45) is 0 Å². The first-order valence-corrected chi connectivity index (χ1v) is 8.22. The van der Waals surface area contributed by atoms with Gasteiger partial charge in [-0.2, -0.15) is 11.8 Å². The van der Waals surface area contributed by atoms with Crippen LogP contribution in [0.3, 0.4) is 0 Å². The number of rotatable bonds is 8. The van der Waals surface area contributed by atoms with Crippen molar-refractivity contribution >= 4 is 29.2 Å². The first-order chi connectivity index (χ1) is 9.12. The maximum atomic E-state index is 6.06. The molecule has 0 fully saturated rings. The minimum absolute atomic E-state index is 0.400. The van der Waals surface area contributed by atoms with Crippen LogP contribution in [0.15, 0.2) is 6.07 Å². The number of thioether (sulfide) groups is 1. The molecule has 0 amide bonds. The molecule has 19 heavy (non-hydrogen) atoms. The smallest absolute Gasteiger partial charge is 0.158 e. The van der Waals surface area contributed by atoms with Gasteiger partial charge in [0.15, 0.2) is 5.82 Å². The summed E-state index contributed by atoms with van der Waals surface area (Å²) in [6.45, 7) is 5.17. The van der Waals surface area contributed by atoms with Crippen LogP contribution in [0.4, 0.5) is 5.82 Å². The van der Waals surface area contributed by atoms with E-state index in [0.29, 0.717) is 30.2 Å². The van der Waals surface area contributed by atoms with Crippen LogP contribution in [0.2, 0.25) is 5.15 Å². The molecule has 6 heteroatoms. The van der Waals surface area contributed by atoms with Gasteiger partial charge >= 0.3 is 0 Å². The molecule has 1 rings (SSSR count). The molecule has 1 atom stereocenters. The zero-order valence-electron chi connectivity index (χ0n) is 12.0. The van der Waals surface area contributed by atoms with Gasteiger partial charge in [0.2, 0.25) is 0 Å². The minimum atomic E-state index is 0.400. The number of hydrogen-bond acceptors (Lipinski definition) is 5. The molecule has 0 radical (unpaired) electrons. The Kier molecular flexibility index (Phi) is 7.49. The molecule has 108 valence electrons. The molecular weight excluding hydrogens is 282 g/mol. The molecular formula is C13H22ClN3OS. The summed E-state index contributed by atoms with van der Waals surface area (Å²) >= 11 is 7.90. The van der Waals surface area contributed by atoms with Crippen LogP contribution in [0, 0.1) is 0 Å². The summed E-state index contributed by atoms with van der Waals surface area (Å²) in [5, 5.41) is 0.463. The lowest BCUT2D eigenvalue weighted by Gasteiger charge is -2.28. The highest BCUT2D eigenvalue weighted by molar-refractivity contribution is 7.98. The summed E-state index contributed by atoms with van der Waals surface area (Å²) in [4.78, 5) is 10.9. The number of anilines is 1. The molecule has 0 aliphatic rings. The van der Waals surface area contributed by atoms with Crippen molar-refractivity contribution < 1.29 is 4.74 Å². The number of hydrogen-bond donors (Lipinski definition) is 0. The third kappa shape index (κ3) is 5.16. The van der Waals surface area contributed by atoms with Crippen LogP contribution in [0.5, 0.6) is 0 Å². The Morgan fingerprint density at radius 2 is 2.16 bits per heavy atom. The topological polar surface area (TPSA) is 38.2 Å². The summed E-state index contributed by atoms with van der Waals surface area (Å²) < 4.78 is 5.34. The quantitative estimate of drug-likeness (QED) is 0.689. The summed E-state index contributed by atoms with van der Waals surface area (Å²) in [5.74, 6) is 2.56. The fourth-order valence-corrected chi connectivity index (χ4v) is 2.81. The van der Waals surface area contributed by atoms with E-state index in [9.17, 15) is 0 Å². The predicted octanol–water partition coefficient (Wildman–Crippen LogP) is 3.24. The van der Waals surface area contributed by atoms with Gasteiger partial charge in [-0.05, 0) is 19.6 Å². The second-order valence-electron chi connectivity index (χ2n) is 4.23. The maximum absolute atomic E-state index is 6.06. The lowest BCUT2D eigenvalue weighted by atomic mass is 10.2. The lowest BCUT2D eigenvalue weighted by molar-refractivity contribution is 0.128. The predicted molar refractivity (Wildman–Crippen MR) is 83.2 cm³/mol. The maximum Gasteiger partial charge on any atom is 0.158 e. The first-order valence-electron chi connectivity index (χ1n) is 6.45. The normalized spacial score (nSPS) is 12.5. The molecule has 1 aromatic rings. The van der Waals surface area contributed by atoms with Gasteiger partial charge in [-0.15, -0.1) is 0 Å². The number of halogens is 1. The molecule has 1 unspecified atom stereocenters. The van der Waals surface area contributed by atoms with E-state index in [1.54, 1.807) is 6.07 Å². The average molecular weight is 304 g/mol. The highest BCUT2D eigenvalue weighted by Crippen LogP contribution is 2.20. The zero-order valence-corrected chi connectivity index (χ0v) is 13.6. The molecule has 0 bridgehead atoms. The van der Waals surface area contributed by atoms with Crippen LogP contribution in [0.1, 0.15) is 26.1 Å². The van der Waals surface area contributed by atoms with Crippen molar-refractivity contribution in [2.75, 3.05) is 30.6 Å². The fraction of sp³-hybridized carbons (Fsp3) is 0.692. The van der Waals surface area contributed by atoms with Crippen LogP contribution in [-0.4, -0.2) is 41.7 Å². The van der Waals surface area contributed by atoms with Gasteiger partial charge in [0.1, 0.15) is 17.6 Å². The third-order valence-electron chi connectivity index (χ3n) is 2.90. The zero-order chi connectivity index (χ0) is 14.3. The molecule has 0 spiro atoms. The molecule has 1 heterocycles.